The Hall–Kier alpha value is -0.610. The molecule has 1 heterocycles. The fourth-order valence-corrected chi connectivity index (χ4v) is 4.69. The van der Waals surface area contributed by atoms with Crippen molar-refractivity contribution in [3.8, 4) is 0 Å². The molecule has 3 rings (SSSR count). The maximum Gasteiger partial charge on any atom is 0.241 e. The minimum atomic E-state index is -0.761. The topological polar surface area (TPSA) is 64.4 Å². The van der Waals surface area contributed by atoms with Crippen molar-refractivity contribution in [2.45, 2.75) is 64.5 Å². The molecule has 4 nitrogen and oxygen atoms in total. The highest BCUT2D eigenvalue weighted by Crippen LogP contribution is 2.58. The van der Waals surface area contributed by atoms with Gasteiger partial charge < -0.3 is 15.8 Å². The van der Waals surface area contributed by atoms with Crippen molar-refractivity contribution in [3.63, 3.8) is 0 Å². The van der Waals surface area contributed by atoms with Gasteiger partial charge in [0.1, 0.15) is 5.54 Å². The number of rotatable bonds is 3. The number of fused-ring (bicyclic) bond motifs is 1. The molecule has 3 aliphatic rings. The van der Waals surface area contributed by atoms with Gasteiger partial charge in [0.15, 0.2) is 0 Å². The van der Waals surface area contributed by atoms with Crippen molar-refractivity contribution in [2.24, 2.45) is 22.5 Å². The van der Waals surface area contributed by atoms with E-state index in [2.05, 4.69) is 26.1 Å². The van der Waals surface area contributed by atoms with E-state index < -0.39 is 5.54 Å². The molecule has 3 unspecified atom stereocenters. The Morgan fingerprint density at radius 1 is 1.30 bits per heavy atom. The summed E-state index contributed by atoms with van der Waals surface area (Å²) in [4.78, 5) is 12.7. The predicted molar refractivity (Wildman–Crippen MR) is 78.1 cm³/mol. The van der Waals surface area contributed by atoms with Crippen LogP contribution in [0.2, 0.25) is 0 Å². The van der Waals surface area contributed by atoms with Gasteiger partial charge in [0, 0.05) is 24.5 Å². The van der Waals surface area contributed by atoms with Gasteiger partial charge in [-0.15, -0.1) is 0 Å². The number of carbonyl (C=O) groups is 1. The molecule has 0 aromatic rings. The van der Waals surface area contributed by atoms with E-state index in [0.29, 0.717) is 0 Å². The number of hydrogen-bond acceptors (Lipinski definition) is 3. The van der Waals surface area contributed by atoms with Crippen LogP contribution in [-0.2, 0) is 9.53 Å². The molecule has 1 amide bonds. The first-order valence-electron chi connectivity index (χ1n) is 8.00. The lowest BCUT2D eigenvalue weighted by atomic mass is 9.48. The largest absolute Gasteiger partial charge is 0.377 e. The third-order valence-electron chi connectivity index (χ3n) is 6.32. The first kappa shape index (κ1) is 14.3. The first-order chi connectivity index (χ1) is 9.31. The zero-order valence-corrected chi connectivity index (χ0v) is 13.0. The van der Waals surface area contributed by atoms with Gasteiger partial charge in [-0.05, 0) is 24.7 Å². The highest BCUT2D eigenvalue weighted by Gasteiger charge is 2.71. The van der Waals surface area contributed by atoms with E-state index >= 15 is 0 Å². The van der Waals surface area contributed by atoms with E-state index in [1.54, 1.807) is 0 Å². The van der Waals surface area contributed by atoms with Crippen LogP contribution in [0.25, 0.3) is 0 Å². The smallest absolute Gasteiger partial charge is 0.241 e. The van der Waals surface area contributed by atoms with Crippen molar-refractivity contribution in [1.82, 2.24) is 5.32 Å². The fraction of sp³-hybridized carbons (Fsp3) is 0.938. The van der Waals surface area contributed by atoms with Crippen molar-refractivity contribution < 1.29 is 9.53 Å². The Morgan fingerprint density at radius 3 is 2.60 bits per heavy atom. The third kappa shape index (κ3) is 1.77. The Bertz CT molecular complexity index is 415. The number of hydrogen-bond donors (Lipinski definition) is 2. The Labute approximate surface area is 121 Å². The normalized spacial score (nSPS) is 41.0. The number of nitrogens with one attached hydrogen (secondary N) is 1. The predicted octanol–water partition coefficient (Wildman–Crippen LogP) is 1.83. The molecule has 2 aliphatic carbocycles. The molecule has 0 radical (unpaired) electrons. The van der Waals surface area contributed by atoms with Crippen LogP contribution >= 0.6 is 0 Å². The molecule has 3 atom stereocenters. The van der Waals surface area contributed by atoms with E-state index in [4.69, 9.17) is 10.5 Å². The summed E-state index contributed by atoms with van der Waals surface area (Å²) in [6, 6.07) is 0. The van der Waals surface area contributed by atoms with Gasteiger partial charge in [-0.1, -0.05) is 33.6 Å². The standard InChI is InChI=1S/C16H28N2O2/c1-14(2)12-11(6-9-20-12)16(14,17)13(19)18-10-15(3)7-4-5-8-15/h11-12H,4-10,17H2,1-3H3,(H,18,19). The fourth-order valence-electron chi connectivity index (χ4n) is 4.69. The van der Waals surface area contributed by atoms with Crippen molar-refractivity contribution in [2.75, 3.05) is 13.2 Å². The highest BCUT2D eigenvalue weighted by molar-refractivity contribution is 5.89. The monoisotopic (exact) mass is 280 g/mol. The molecule has 1 saturated heterocycles. The van der Waals surface area contributed by atoms with Gasteiger partial charge in [0.05, 0.1) is 6.10 Å². The average molecular weight is 280 g/mol. The molecule has 3 N–H and O–H groups in total. The summed E-state index contributed by atoms with van der Waals surface area (Å²) in [5, 5.41) is 3.16. The molecule has 0 spiro atoms. The molecular formula is C16H28N2O2. The molecule has 20 heavy (non-hydrogen) atoms. The van der Waals surface area contributed by atoms with Gasteiger partial charge in [-0.25, -0.2) is 0 Å². The van der Waals surface area contributed by atoms with Crippen LogP contribution in [0.15, 0.2) is 0 Å². The van der Waals surface area contributed by atoms with Crippen molar-refractivity contribution in [1.29, 1.82) is 0 Å². The van der Waals surface area contributed by atoms with Crippen LogP contribution in [-0.4, -0.2) is 30.7 Å². The van der Waals surface area contributed by atoms with Crippen LogP contribution in [0.3, 0.4) is 0 Å². The summed E-state index contributed by atoms with van der Waals surface area (Å²) in [6.45, 7) is 7.91. The average Bonchev–Trinajstić information content (AvgIpc) is 3.03. The van der Waals surface area contributed by atoms with Gasteiger partial charge in [-0.3, -0.25) is 4.79 Å². The first-order valence-corrected chi connectivity index (χ1v) is 8.00. The summed E-state index contributed by atoms with van der Waals surface area (Å²) in [5.74, 6) is 0.219. The molecule has 1 aliphatic heterocycles. The van der Waals surface area contributed by atoms with E-state index in [0.717, 1.165) is 19.6 Å². The Morgan fingerprint density at radius 2 is 1.95 bits per heavy atom. The lowest BCUT2D eigenvalue weighted by molar-refractivity contribution is -0.175. The van der Waals surface area contributed by atoms with Crippen molar-refractivity contribution in [3.05, 3.63) is 0 Å². The number of nitrogens with two attached hydrogens (primary N) is 1. The minimum absolute atomic E-state index is 0.0300. The molecule has 2 saturated carbocycles. The molecule has 114 valence electrons. The summed E-state index contributed by atoms with van der Waals surface area (Å²) in [5.41, 5.74) is 5.78. The Kier molecular flexibility index (Phi) is 3.18. The van der Waals surface area contributed by atoms with E-state index in [1.165, 1.54) is 25.7 Å². The quantitative estimate of drug-likeness (QED) is 0.829. The van der Waals surface area contributed by atoms with Crippen LogP contribution in [0.4, 0.5) is 0 Å². The number of ether oxygens (including phenoxy) is 1. The maximum absolute atomic E-state index is 12.7. The van der Waals surface area contributed by atoms with Crippen LogP contribution in [0.1, 0.15) is 52.9 Å². The molecule has 0 aromatic heterocycles. The summed E-state index contributed by atoms with van der Waals surface area (Å²) >= 11 is 0. The summed E-state index contributed by atoms with van der Waals surface area (Å²) in [7, 11) is 0. The third-order valence-corrected chi connectivity index (χ3v) is 6.32. The maximum atomic E-state index is 12.7. The number of carbonyl (C=O) groups excluding carboxylic acids is 1. The van der Waals surface area contributed by atoms with Gasteiger partial charge in [0.2, 0.25) is 5.91 Å². The zero-order valence-electron chi connectivity index (χ0n) is 13.0. The molecular weight excluding hydrogens is 252 g/mol. The Balaban J connectivity index is 1.67. The van der Waals surface area contributed by atoms with Gasteiger partial charge in [0.25, 0.3) is 0 Å². The van der Waals surface area contributed by atoms with Gasteiger partial charge in [-0.2, -0.15) is 0 Å². The second kappa shape index (κ2) is 4.44. The van der Waals surface area contributed by atoms with Crippen molar-refractivity contribution >= 4 is 5.91 Å². The van der Waals surface area contributed by atoms with Gasteiger partial charge >= 0.3 is 0 Å². The molecule has 0 aromatic carbocycles. The van der Waals surface area contributed by atoms with Crippen LogP contribution < -0.4 is 11.1 Å². The molecule has 3 fully saturated rings. The number of amides is 1. The zero-order chi connectivity index (χ0) is 14.6. The molecule has 4 heteroatoms. The second-order valence-electron chi connectivity index (χ2n) is 7.98. The SMILES string of the molecule is CC1(CNC(=O)C2(N)C3CCOC3C2(C)C)CCCC1. The molecule has 0 bridgehead atoms. The lowest BCUT2D eigenvalue weighted by Gasteiger charge is -2.60. The van der Waals surface area contributed by atoms with Crippen LogP contribution in [0.5, 0.6) is 0 Å². The highest BCUT2D eigenvalue weighted by atomic mass is 16.5. The second-order valence-corrected chi connectivity index (χ2v) is 7.98. The summed E-state index contributed by atoms with van der Waals surface area (Å²) < 4.78 is 5.75. The summed E-state index contributed by atoms with van der Waals surface area (Å²) in [6.07, 6.45) is 6.05. The lowest BCUT2D eigenvalue weighted by Crippen LogP contribution is -2.80. The minimum Gasteiger partial charge on any atom is -0.377 e. The van der Waals surface area contributed by atoms with E-state index in [-0.39, 0.29) is 28.8 Å². The van der Waals surface area contributed by atoms with E-state index in [1.807, 2.05) is 0 Å². The van der Waals surface area contributed by atoms with Crippen LogP contribution in [0, 0.1) is 16.7 Å². The van der Waals surface area contributed by atoms with E-state index in [9.17, 15) is 4.79 Å².